The molecule has 0 bridgehead atoms. The van der Waals surface area contributed by atoms with Crippen LogP contribution in [0, 0.1) is 23.5 Å². The zero-order valence-electron chi connectivity index (χ0n) is 17.4. The van der Waals surface area contributed by atoms with Crippen molar-refractivity contribution in [3.63, 3.8) is 0 Å². The molecule has 0 spiro atoms. The molecule has 2 saturated heterocycles. The molecule has 4 N–H and O–H groups in total. The molecule has 2 aromatic rings. The van der Waals surface area contributed by atoms with Gasteiger partial charge in [-0.05, 0) is 30.0 Å². The average molecular weight is 445 g/mol. The van der Waals surface area contributed by atoms with E-state index in [0.717, 1.165) is 29.8 Å². The Morgan fingerprint density at radius 3 is 2.47 bits per heavy atom. The summed E-state index contributed by atoms with van der Waals surface area (Å²) in [4.78, 5) is 32.2. The Balaban J connectivity index is 1.30. The van der Waals surface area contributed by atoms with Crippen molar-refractivity contribution in [3.05, 3.63) is 52.1 Å². The Morgan fingerprint density at radius 2 is 1.84 bits per heavy atom. The van der Waals surface area contributed by atoms with E-state index < -0.39 is 17.3 Å². The molecule has 1 aliphatic carbocycles. The summed E-state index contributed by atoms with van der Waals surface area (Å²) < 4.78 is 30.5. The lowest BCUT2D eigenvalue weighted by atomic mass is 10.1. The molecular weight excluding hydrogens is 420 g/mol. The van der Waals surface area contributed by atoms with Crippen LogP contribution in [0.15, 0.2) is 29.2 Å². The fourth-order valence-electron chi connectivity index (χ4n) is 4.62. The summed E-state index contributed by atoms with van der Waals surface area (Å²) in [5, 5.41) is 5.73. The van der Waals surface area contributed by atoms with Gasteiger partial charge in [-0.15, -0.1) is 0 Å². The number of nitrogens with zero attached hydrogens (tertiary/aromatic N) is 4. The molecule has 2 amide bonds. The van der Waals surface area contributed by atoms with Crippen molar-refractivity contribution in [1.29, 1.82) is 0 Å². The molecule has 3 fully saturated rings. The average Bonchev–Trinajstić information content (AvgIpc) is 3.17. The van der Waals surface area contributed by atoms with Crippen LogP contribution in [0.3, 0.4) is 0 Å². The van der Waals surface area contributed by atoms with Gasteiger partial charge in [0.2, 0.25) is 0 Å². The maximum atomic E-state index is 14.7. The number of carbonyl (C=O) groups excluding carboxylic acids is 1. The number of aromatic nitrogens is 2. The Bertz CT molecular complexity index is 1070. The van der Waals surface area contributed by atoms with Crippen LogP contribution in [-0.2, 0) is 6.54 Å². The van der Waals surface area contributed by atoms with E-state index >= 15 is 0 Å². The van der Waals surface area contributed by atoms with Crippen molar-refractivity contribution in [2.75, 3.05) is 44.6 Å². The van der Waals surface area contributed by atoms with Crippen LogP contribution in [0.4, 0.5) is 19.4 Å². The van der Waals surface area contributed by atoms with E-state index in [1.54, 1.807) is 4.90 Å². The minimum Gasteiger partial charge on any atom is -0.327 e. The first-order chi connectivity index (χ1) is 15.4. The Morgan fingerprint density at radius 1 is 1.19 bits per heavy atom. The van der Waals surface area contributed by atoms with Gasteiger partial charge in [0.15, 0.2) is 0 Å². The number of amides is 2. The van der Waals surface area contributed by atoms with Crippen LogP contribution in [0.2, 0.25) is 0 Å². The predicted octanol–water partition coefficient (Wildman–Crippen LogP) is 0.337. The van der Waals surface area contributed by atoms with E-state index in [4.69, 9.17) is 5.73 Å². The van der Waals surface area contributed by atoms with E-state index in [2.05, 4.69) is 15.6 Å². The van der Waals surface area contributed by atoms with Gasteiger partial charge in [-0.1, -0.05) is 0 Å². The van der Waals surface area contributed by atoms with Gasteiger partial charge < -0.3 is 16.0 Å². The largest absolute Gasteiger partial charge is 0.354 e. The number of halogens is 2. The molecule has 1 saturated carbocycles. The lowest BCUT2D eigenvalue weighted by molar-refractivity contribution is 0.204. The topological polar surface area (TPSA) is 109 Å². The fourth-order valence-corrected chi connectivity index (χ4v) is 4.62. The molecule has 2 aliphatic heterocycles. The summed E-state index contributed by atoms with van der Waals surface area (Å²) in [6.07, 6.45) is 1.34. The first-order valence-electron chi connectivity index (χ1n) is 10.7. The zero-order valence-corrected chi connectivity index (χ0v) is 17.4. The molecular formula is C21H25F2N7O2. The van der Waals surface area contributed by atoms with Crippen molar-refractivity contribution in [1.82, 2.24) is 24.7 Å². The first kappa shape index (κ1) is 21.0. The summed E-state index contributed by atoms with van der Waals surface area (Å²) in [5.74, 6) is -0.495. The minimum atomic E-state index is -0.747. The molecule has 9 nitrogen and oxygen atoms in total. The highest BCUT2D eigenvalue weighted by atomic mass is 19.1. The van der Waals surface area contributed by atoms with Gasteiger partial charge in [0.25, 0.3) is 0 Å². The number of likely N-dealkylation sites (tertiary alicyclic amines) is 1. The maximum absolute atomic E-state index is 14.7. The van der Waals surface area contributed by atoms with Gasteiger partial charge in [0, 0.05) is 63.6 Å². The van der Waals surface area contributed by atoms with Crippen LogP contribution in [0.25, 0.3) is 5.69 Å². The van der Waals surface area contributed by atoms with E-state index in [1.807, 2.05) is 4.90 Å². The normalized spacial score (nSPS) is 25.0. The van der Waals surface area contributed by atoms with Gasteiger partial charge in [0.05, 0.1) is 5.69 Å². The number of hydrogen-bond acceptors (Lipinski definition) is 6. The summed E-state index contributed by atoms with van der Waals surface area (Å²) in [7, 11) is 0. The van der Waals surface area contributed by atoms with Gasteiger partial charge in [0.1, 0.15) is 17.5 Å². The van der Waals surface area contributed by atoms with Crippen LogP contribution >= 0.6 is 0 Å². The molecule has 3 heterocycles. The number of piperidine rings is 1. The summed E-state index contributed by atoms with van der Waals surface area (Å²) in [6.45, 7) is 4.17. The number of piperazine rings is 1. The highest BCUT2D eigenvalue weighted by Gasteiger charge is 2.53. The number of anilines is 1. The molecule has 170 valence electrons. The molecule has 0 radical (unpaired) electrons. The van der Waals surface area contributed by atoms with Crippen molar-refractivity contribution in [2.45, 2.75) is 12.6 Å². The van der Waals surface area contributed by atoms with Crippen molar-refractivity contribution in [2.24, 2.45) is 17.6 Å². The second-order valence-corrected chi connectivity index (χ2v) is 8.62. The number of hydrogen-bond donors (Lipinski definition) is 3. The molecule has 32 heavy (non-hydrogen) atoms. The molecule has 11 heteroatoms. The van der Waals surface area contributed by atoms with Crippen LogP contribution in [0.5, 0.6) is 0 Å². The Kier molecular flexibility index (Phi) is 5.39. The van der Waals surface area contributed by atoms with Crippen LogP contribution < -0.4 is 22.1 Å². The maximum Gasteiger partial charge on any atom is 0.354 e. The van der Waals surface area contributed by atoms with Crippen molar-refractivity contribution >= 4 is 11.8 Å². The quantitative estimate of drug-likeness (QED) is 0.626. The van der Waals surface area contributed by atoms with E-state index in [-0.39, 0.29) is 35.7 Å². The van der Waals surface area contributed by atoms with Gasteiger partial charge in [-0.3, -0.25) is 14.8 Å². The highest BCUT2D eigenvalue weighted by Crippen LogP contribution is 2.44. The fraction of sp³-hybridized carbons (Fsp3) is 0.476. The molecule has 1 aromatic heterocycles. The smallest absolute Gasteiger partial charge is 0.327 e. The molecule has 3 atom stereocenters. The van der Waals surface area contributed by atoms with Crippen molar-refractivity contribution < 1.29 is 13.6 Å². The minimum absolute atomic E-state index is 0.0236. The van der Waals surface area contributed by atoms with E-state index in [1.165, 1.54) is 12.3 Å². The Hall–Kier alpha value is -2.89. The summed E-state index contributed by atoms with van der Waals surface area (Å²) in [5.41, 5.74) is 5.18. The second kappa shape index (κ2) is 8.23. The second-order valence-electron chi connectivity index (χ2n) is 8.62. The highest BCUT2D eigenvalue weighted by molar-refractivity contribution is 5.88. The lowest BCUT2D eigenvalue weighted by Crippen LogP contribution is -2.48. The lowest BCUT2D eigenvalue weighted by Gasteiger charge is -2.27. The Labute approximate surface area is 183 Å². The number of benzene rings is 1. The third-order valence-electron chi connectivity index (χ3n) is 6.56. The van der Waals surface area contributed by atoms with E-state index in [9.17, 15) is 18.4 Å². The third-order valence-corrected chi connectivity index (χ3v) is 6.56. The number of urea groups is 1. The number of carbonyl (C=O) groups is 1. The van der Waals surface area contributed by atoms with Gasteiger partial charge in [-0.2, -0.15) is 4.98 Å². The third kappa shape index (κ3) is 3.98. The van der Waals surface area contributed by atoms with Crippen LogP contribution in [-0.4, -0.2) is 70.7 Å². The molecule has 1 aromatic carbocycles. The van der Waals surface area contributed by atoms with Gasteiger partial charge in [-0.25, -0.2) is 18.4 Å². The summed E-state index contributed by atoms with van der Waals surface area (Å²) in [6, 6.07) is 3.54. The number of rotatable bonds is 4. The standard InChI is InChI=1S/C21H25F2N7O2/c22-16-7-12(8-17(23)15(16)11-28-9-13-14(10-28)19(13)24)30-4-1-18(27-21(30)32)26-20(31)29-5-2-25-3-6-29/h1,4,7-8,13-14,19,25H,2-3,5-6,9-11,24H2,(H,26,27,31,32)/t13-,14+,19?. The monoisotopic (exact) mass is 445 g/mol. The number of nitrogens with two attached hydrogens (primary N) is 1. The number of fused-ring (bicyclic) bond motifs is 1. The zero-order chi connectivity index (χ0) is 22.4. The molecule has 3 aliphatic rings. The van der Waals surface area contributed by atoms with E-state index in [0.29, 0.717) is 38.0 Å². The summed E-state index contributed by atoms with van der Waals surface area (Å²) >= 11 is 0. The van der Waals surface area contributed by atoms with Crippen molar-refractivity contribution in [3.8, 4) is 5.69 Å². The number of nitrogens with one attached hydrogen (secondary N) is 2. The molecule has 5 rings (SSSR count). The first-order valence-corrected chi connectivity index (χ1v) is 10.7. The SMILES string of the molecule is NC1[C@H]2CN(Cc3c(F)cc(-n4ccc(NC(=O)N5CCNCC5)nc4=O)cc3F)C[C@@H]12. The van der Waals surface area contributed by atoms with Crippen LogP contribution in [0.1, 0.15) is 5.56 Å². The van der Waals surface area contributed by atoms with Gasteiger partial charge >= 0.3 is 11.7 Å². The molecule has 1 unspecified atom stereocenters. The predicted molar refractivity (Wildman–Crippen MR) is 113 cm³/mol.